The van der Waals surface area contributed by atoms with E-state index in [1.807, 2.05) is 0 Å². The minimum atomic E-state index is -3.09. The topological polar surface area (TPSA) is 69.4 Å². The van der Waals surface area contributed by atoms with Gasteiger partial charge in [0.1, 0.15) is 23.2 Å². The van der Waals surface area contributed by atoms with Crippen LogP contribution in [0.25, 0.3) is 0 Å². The van der Waals surface area contributed by atoms with Crippen LogP contribution in [-0.2, 0) is 9.84 Å². The highest BCUT2D eigenvalue weighted by Crippen LogP contribution is 2.16. The predicted octanol–water partition coefficient (Wildman–Crippen LogP) is 1.66. The molecule has 0 atom stereocenters. The lowest BCUT2D eigenvalue weighted by molar-refractivity contribution is 0.339. The SMILES string of the molecule is CCCS(=O)(=O)CCOc1ccc(C(N)=S)c(F)c1. The summed E-state index contributed by atoms with van der Waals surface area (Å²) >= 11 is 4.68. The van der Waals surface area contributed by atoms with Gasteiger partial charge in [0.25, 0.3) is 0 Å². The molecule has 19 heavy (non-hydrogen) atoms. The standard InChI is InChI=1S/C12H16FNO3S2/c1-2-6-19(15,16)7-5-17-9-3-4-10(12(14)18)11(13)8-9/h3-4,8H,2,5-7H2,1H3,(H2,14,18). The van der Waals surface area contributed by atoms with Gasteiger partial charge in [-0.05, 0) is 18.6 Å². The summed E-state index contributed by atoms with van der Waals surface area (Å²) in [5, 5.41) is 0. The summed E-state index contributed by atoms with van der Waals surface area (Å²) in [5.41, 5.74) is 5.47. The van der Waals surface area contributed by atoms with Crippen molar-refractivity contribution in [3.05, 3.63) is 29.6 Å². The molecule has 0 aliphatic carbocycles. The predicted molar refractivity (Wildman–Crippen MR) is 76.7 cm³/mol. The van der Waals surface area contributed by atoms with Crippen LogP contribution in [-0.4, -0.2) is 31.5 Å². The summed E-state index contributed by atoms with van der Waals surface area (Å²) in [6.45, 7) is 1.79. The van der Waals surface area contributed by atoms with Crippen molar-refractivity contribution in [2.75, 3.05) is 18.1 Å². The Kier molecular flexibility index (Phi) is 5.68. The molecule has 1 aromatic rings. The Morgan fingerprint density at radius 1 is 1.42 bits per heavy atom. The van der Waals surface area contributed by atoms with Crippen LogP contribution in [0.4, 0.5) is 4.39 Å². The number of rotatable bonds is 7. The quantitative estimate of drug-likeness (QED) is 0.776. The van der Waals surface area contributed by atoms with Crippen LogP contribution < -0.4 is 10.5 Å². The van der Waals surface area contributed by atoms with E-state index in [1.165, 1.54) is 12.1 Å². The normalized spacial score (nSPS) is 11.3. The van der Waals surface area contributed by atoms with Gasteiger partial charge in [0.05, 0.1) is 11.5 Å². The second kappa shape index (κ2) is 6.81. The van der Waals surface area contributed by atoms with E-state index in [2.05, 4.69) is 12.2 Å². The van der Waals surface area contributed by atoms with Crippen molar-refractivity contribution in [2.45, 2.75) is 13.3 Å². The van der Waals surface area contributed by atoms with Crippen LogP contribution in [0, 0.1) is 5.82 Å². The van der Waals surface area contributed by atoms with Gasteiger partial charge in [-0.3, -0.25) is 0 Å². The van der Waals surface area contributed by atoms with Crippen molar-refractivity contribution in [3.63, 3.8) is 0 Å². The van der Waals surface area contributed by atoms with E-state index in [0.29, 0.717) is 6.42 Å². The maximum atomic E-state index is 13.5. The van der Waals surface area contributed by atoms with Gasteiger partial charge >= 0.3 is 0 Å². The number of sulfone groups is 1. The molecule has 1 rings (SSSR count). The summed E-state index contributed by atoms with van der Waals surface area (Å²) in [7, 11) is -3.09. The molecule has 106 valence electrons. The second-order valence-electron chi connectivity index (χ2n) is 4.01. The third-order valence-electron chi connectivity index (χ3n) is 2.38. The Balaban J connectivity index is 2.60. The summed E-state index contributed by atoms with van der Waals surface area (Å²) in [5.74, 6) is -0.282. The van der Waals surface area contributed by atoms with Gasteiger partial charge in [-0.2, -0.15) is 0 Å². The number of hydrogen-bond donors (Lipinski definition) is 1. The first-order chi connectivity index (χ1) is 8.85. The molecule has 0 bridgehead atoms. The number of thiocarbonyl (C=S) groups is 1. The smallest absolute Gasteiger partial charge is 0.153 e. The van der Waals surface area contributed by atoms with Crippen LogP contribution in [0.2, 0.25) is 0 Å². The second-order valence-corrected chi connectivity index (χ2v) is 6.75. The first kappa shape index (κ1) is 15.8. The van der Waals surface area contributed by atoms with Crippen LogP contribution in [0.15, 0.2) is 18.2 Å². The lowest BCUT2D eigenvalue weighted by atomic mass is 10.2. The Morgan fingerprint density at radius 2 is 2.11 bits per heavy atom. The lowest BCUT2D eigenvalue weighted by Crippen LogP contribution is -2.17. The highest BCUT2D eigenvalue weighted by Gasteiger charge is 2.10. The van der Waals surface area contributed by atoms with Gasteiger partial charge in [-0.15, -0.1) is 0 Å². The molecular formula is C12H16FNO3S2. The molecule has 0 saturated carbocycles. The van der Waals surface area contributed by atoms with Crippen molar-refractivity contribution in [3.8, 4) is 5.75 Å². The van der Waals surface area contributed by atoms with Gasteiger partial charge in [0, 0.05) is 11.6 Å². The molecule has 1 aromatic carbocycles. The highest BCUT2D eigenvalue weighted by molar-refractivity contribution is 7.91. The van der Waals surface area contributed by atoms with E-state index in [0.717, 1.165) is 6.07 Å². The molecule has 2 N–H and O–H groups in total. The highest BCUT2D eigenvalue weighted by atomic mass is 32.2. The number of hydrogen-bond acceptors (Lipinski definition) is 4. The summed E-state index contributed by atoms with van der Waals surface area (Å²) in [6.07, 6.45) is 0.569. The number of nitrogens with two attached hydrogens (primary N) is 1. The van der Waals surface area contributed by atoms with Crippen LogP contribution in [0.5, 0.6) is 5.75 Å². The summed E-state index contributed by atoms with van der Waals surface area (Å²) in [4.78, 5) is -0.0328. The van der Waals surface area contributed by atoms with E-state index in [4.69, 9.17) is 10.5 Å². The van der Waals surface area contributed by atoms with Crippen molar-refractivity contribution in [1.29, 1.82) is 0 Å². The molecule has 0 unspecified atom stereocenters. The Bertz CT molecular complexity index is 558. The first-order valence-corrected chi connectivity index (χ1v) is 8.01. The van der Waals surface area contributed by atoms with Crippen molar-refractivity contribution in [1.82, 2.24) is 0 Å². The van der Waals surface area contributed by atoms with Gasteiger partial charge in [0.15, 0.2) is 9.84 Å². The fraction of sp³-hybridized carbons (Fsp3) is 0.417. The molecule has 0 heterocycles. The molecular weight excluding hydrogens is 289 g/mol. The van der Waals surface area contributed by atoms with Crippen molar-refractivity contribution >= 4 is 27.0 Å². The fourth-order valence-corrected chi connectivity index (χ4v) is 2.81. The number of ether oxygens (including phenoxy) is 1. The Labute approximate surface area is 117 Å². The zero-order valence-corrected chi connectivity index (χ0v) is 12.2. The van der Waals surface area contributed by atoms with Crippen LogP contribution >= 0.6 is 12.2 Å². The molecule has 0 spiro atoms. The number of benzene rings is 1. The molecule has 0 aliphatic heterocycles. The van der Waals surface area contributed by atoms with E-state index in [-0.39, 0.29) is 34.4 Å². The number of halogens is 1. The third kappa shape index (κ3) is 5.12. The molecule has 0 radical (unpaired) electrons. The fourth-order valence-electron chi connectivity index (χ4n) is 1.48. The zero-order chi connectivity index (χ0) is 14.5. The van der Waals surface area contributed by atoms with Gasteiger partial charge in [-0.25, -0.2) is 12.8 Å². The maximum Gasteiger partial charge on any atom is 0.153 e. The van der Waals surface area contributed by atoms with E-state index < -0.39 is 15.7 Å². The van der Waals surface area contributed by atoms with E-state index >= 15 is 0 Å². The van der Waals surface area contributed by atoms with E-state index in [1.54, 1.807) is 6.92 Å². The van der Waals surface area contributed by atoms with E-state index in [9.17, 15) is 12.8 Å². The molecule has 0 saturated heterocycles. The zero-order valence-electron chi connectivity index (χ0n) is 10.6. The summed E-state index contributed by atoms with van der Waals surface area (Å²) < 4.78 is 41.6. The monoisotopic (exact) mass is 305 g/mol. The molecule has 0 aliphatic rings. The van der Waals surface area contributed by atoms with Gasteiger partial charge in [-0.1, -0.05) is 19.1 Å². The minimum Gasteiger partial charge on any atom is -0.492 e. The molecule has 4 nitrogen and oxygen atoms in total. The molecule has 0 fully saturated rings. The third-order valence-corrected chi connectivity index (χ3v) is 4.42. The van der Waals surface area contributed by atoms with Crippen molar-refractivity contribution in [2.24, 2.45) is 5.73 Å². The average molecular weight is 305 g/mol. The largest absolute Gasteiger partial charge is 0.492 e. The minimum absolute atomic E-state index is 0.00576. The summed E-state index contributed by atoms with van der Waals surface area (Å²) in [6, 6.07) is 4.05. The first-order valence-electron chi connectivity index (χ1n) is 5.78. The van der Waals surface area contributed by atoms with Crippen LogP contribution in [0.1, 0.15) is 18.9 Å². The van der Waals surface area contributed by atoms with Gasteiger partial charge < -0.3 is 10.5 Å². The average Bonchev–Trinajstić information content (AvgIpc) is 2.28. The van der Waals surface area contributed by atoms with Gasteiger partial charge in [0.2, 0.25) is 0 Å². The van der Waals surface area contributed by atoms with Crippen LogP contribution in [0.3, 0.4) is 0 Å². The molecule has 7 heteroatoms. The maximum absolute atomic E-state index is 13.5. The molecule has 0 amide bonds. The van der Waals surface area contributed by atoms with Crippen molar-refractivity contribution < 1.29 is 17.5 Å². The Hall–Kier alpha value is -1.21. The lowest BCUT2D eigenvalue weighted by Gasteiger charge is -2.08. The Morgan fingerprint density at radius 3 is 2.63 bits per heavy atom. The molecule has 0 aromatic heterocycles.